The Morgan fingerprint density at radius 2 is 1.77 bits per heavy atom. The van der Waals surface area contributed by atoms with Crippen LogP contribution in [0.1, 0.15) is 12.1 Å². The van der Waals surface area contributed by atoms with Gasteiger partial charge in [-0.1, -0.05) is 0 Å². The van der Waals surface area contributed by atoms with Crippen LogP contribution in [-0.2, 0) is 11.3 Å². The van der Waals surface area contributed by atoms with Crippen LogP contribution in [0, 0.1) is 5.82 Å². The van der Waals surface area contributed by atoms with Crippen molar-refractivity contribution in [3.8, 4) is 22.6 Å². The fourth-order valence-electron chi connectivity index (χ4n) is 2.13. The number of carboxylic acids is 1. The minimum atomic E-state index is -5.08. The third-order valence-electron chi connectivity index (χ3n) is 3.54. The fourth-order valence-corrected chi connectivity index (χ4v) is 2.13. The normalized spacial score (nSPS) is 11.2. The predicted octanol–water partition coefficient (Wildman–Crippen LogP) is 3.63. The summed E-state index contributed by atoms with van der Waals surface area (Å²) in [7, 11) is 0. The number of benzene rings is 1. The van der Waals surface area contributed by atoms with Crippen molar-refractivity contribution in [2.45, 2.75) is 19.3 Å². The van der Waals surface area contributed by atoms with Gasteiger partial charge < -0.3 is 10.8 Å². The molecule has 0 fully saturated rings. The lowest BCUT2D eigenvalue weighted by Crippen LogP contribution is -2.21. The number of hydrogen-bond donors (Lipinski definition) is 2. The van der Waals surface area contributed by atoms with E-state index in [9.17, 15) is 26.3 Å². The third kappa shape index (κ3) is 5.76. The number of pyridine rings is 1. The Kier molecular flexibility index (Phi) is 7.10. The largest absolute Gasteiger partial charge is 0.490 e. The Hall–Kier alpha value is -3.48. The lowest BCUT2D eigenvalue weighted by atomic mass is 10.0. The first-order valence-electron chi connectivity index (χ1n) is 7.97. The molecule has 0 aliphatic heterocycles. The zero-order valence-corrected chi connectivity index (χ0v) is 14.8. The Labute approximate surface area is 164 Å². The summed E-state index contributed by atoms with van der Waals surface area (Å²) in [5.41, 5.74) is 8.04. The van der Waals surface area contributed by atoms with Crippen LogP contribution >= 0.6 is 0 Å². The van der Waals surface area contributed by atoms with Gasteiger partial charge in [-0.15, -0.1) is 5.10 Å². The summed E-state index contributed by atoms with van der Waals surface area (Å²) in [5, 5.41) is 10.9. The first kappa shape index (κ1) is 22.8. The van der Waals surface area contributed by atoms with Crippen molar-refractivity contribution in [2.75, 3.05) is 0 Å². The highest BCUT2D eigenvalue weighted by Crippen LogP contribution is 2.26. The standard InChI is InChI=1S/C15H12F3N5.C2HF3O2/c16-11-3-1-9(2-4-11)13-5-12(10(6-19)7-20-13)14-21-8-23(22-14)15(17)18;3-2(4,5)1(6)7/h1-5,7-8,15H,6,19H2;(H,6,7). The van der Waals surface area contributed by atoms with E-state index in [1.807, 2.05) is 0 Å². The van der Waals surface area contributed by atoms with Crippen molar-refractivity contribution >= 4 is 5.97 Å². The number of nitrogens with two attached hydrogens (primary N) is 1. The maximum absolute atomic E-state index is 13.0. The molecule has 0 radical (unpaired) electrons. The van der Waals surface area contributed by atoms with E-state index in [1.54, 1.807) is 18.2 Å². The van der Waals surface area contributed by atoms with Crippen molar-refractivity contribution < 1.29 is 36.2 Å². The van der Waals surface area contributed by atoms with Gasteiger partial charge in [0.15, 0.2) is 5.82 Å². The molecule has 7 nitrogen and oxygen atoms in total. The molecule has 0 amide bonds. The number of rotatable bonds is 4. The summed E-state index contributed by atoms with van der Waals surface area (Å²) in [5.74, 6) is -2.98. The van der Waals surface area contributed by atoms with Gasteiger partial charge in [0.05, 0.1) is 5.69 Å². The Morgan fingerprint density at radius 1 is 1.17 bits per heavy atom. The van der Waals surface area contributed by atoms with Crippen LogP contribution in [0.5, 0.6) is 0 Å². The van der Waals surface area contributed by atoms with Crippen LogP contribution in [0.15, 0.2) is 42.9 Å². The smallest absolute Gasteiger partial charge is 0.475 e. The van der Waals surface area contributed by atoms with E-state index in [1.165, 1.54) is 18.3 Å². The Morgan fingerprint density at radius 3 is 2.23 bits per heavy atom. The molecular weight excluding hydrogens is 420 g/mol. The molecule has 0 unspecified atom stereocenters. The number of aliphatic carboxylic acids is 1. The fraction of sp³-hybridized carbons (Fsp3) is 0.176. The maximum Gasteiger partial charge on any atom is 0.490 e. The molecule has 3 aromatic rings. The van der Waals surface area contributed by atoms with Crippen LogP contribution in [-0.4, -0.2) is 37.0 Å². The topological polar surface area (TPSA) is 107 Å². The zero-order chi connectivity index (χ0) is 22.5. The van der Waals surface area contributed by atoms with E-state index in [0.717, 1.165) is 6.33 Å². The van der Waals surface area contributed by atoms with Gasteiger partial charge in [-0.25, -0.2) is 14.2 Å². The molecule has 0 saturated heterocycles. The molecule has 30 heavy (non-hydrogen) atoms. The van der Waals surface area contributed by atoms with Gasteiger partial charge in [-0.3, -0.25) is 4.98 Å². The summed E-state index contributed by atoms with van der Waals surface area (Å²) in [4.78, 5) is 17.1. The molecule has 2 heterocycles. The highest BCUT2D eigenvalue weighted by Gasteiger charge is 2.38. The number of halogens is 6. The number of nitrogens with zero attached hydrogens (tertiary/aromatic N) is 4. The summed E-state index contributed by atoms with van der Waals surface area (Å²) >= 11 is 0. The zero-order valence-electron chi connectivity index (χ0n) is 14.8. The van der Waals surface area contributed by atoms with Crippen molar-refractivity contribution in [3.05, 3.63) is 54.2 Å². The molecule has 13 heteroatoms. The molecular formula is C17H13F6N5O2. The van der Waals surface area contributed by atoms with Crippen molar-refractivity contribution in [1.82, 2.24) is 19.7 Å². The lowest BCUT2D eigenvalue weighted by Gasteiger charge is -2.07. The van der Waals surface area contributed by atoms with E-state index in [2.05, 4.69) is 15.1 Å². The van der Waals surface area contributed by atoms with E-state index < -0.39 is 18.7 Å². The number of alkyl halides is 5. The van der Waals surface area contributed by atoms with Gasteiger partial charge in [-0.05, 0) is 35.9 Å². The van der Waals surface area contributed by atoms with Gasteiger partial charge in [0.25, 0.3) is 0 Å². The van der Waals surface area contributed by atoms with Gasteiger partial charge >= 0.3 is 18.7 Å². The summed E-state index contributed by atoms with van der Waals surface area (Å²) in [6.07, 6.45) is -2.59. The second-order valence-electron chi connectivity index (χ2n) is 5.57. The predicted molar refractivity (Wildman–Crippen MR) is 91.5 cm³/mol. The second-order valence-corrected chi connectivity index (χ2v) is 5.57. The first-order chi connectivity index (χ1) is 14.0. The molecule has 0 aliphatic carbocycles. The average Bonchev–Trinajstić information content (AvgIpc) is 3.18. The van der Waals surface area contributed by atoms with Crippen LogP contribution in [0.25, 0.3) is 22.6 Å². The number of aromatic nitrogens is 4. The average molecular weight is 433 g/mol. The van der Waals surface area contributed by atoms with Crippen LogP contribution < -0.4 is 5.73 Å². The van der Waals surface area contributed by atoms with E-state index in [4.69, 9.17) is 15.6 Å². The highest BCUT2D eigenvalue weighted by molar-refractivity contribution is 5.73. The first-order valence-corrected chi connectivity index (χ1v) is 7.97. The molecule has 0 bridgehead atoms. The molecule has 0 saturated carbocycles. The molecule has 0 aliphatic rings. The quantitative estimate of drug-likeness (QED) is 0.609. The molecule has 0 atom stereocenters. The van der Waals surface area contributed by atoms with Gasteiger partial charge in [0.2, 0.25) is 0 Å². The summed E-state index contributed by atoms with van der Waals surface area (Å²) in [6, 6.07) is 7.44. The monoisotopic (exact) mass is 433 g/mol. The maximum atomic E-state index is 13.0. The van der Waals surface area contributed by atoms with Crippen molar-refractivity contribution in [1.29, 1.82) is 0 Å². The third-order valence-corrected chi connectivity index (χ3v) is 3.54. The molecule has 3 N–H and O–H groups in total. The number of hydrogen-bond acceptors (Lipinski definition) is 5. The highest BCUT2D eigenvalue weighted by atomic mass is 19.4. The molecule has 160 valence electrons. The van der Waals surface area contributed by atoms with Crippen LogP contribution in [0.4, 0.5) is 26.3 Å². The number of carboxylic acid groups (broad SMARTS) is 1. The number of carbonyl (C=O) groups is 1. The van der Waals surface area contributed by atoms with Crippen molar-refractivity contribution in [2.24, 2.45) is 5.73 Å². The van der Waals surface area contributed by atoms with E-state index >= 15 is 0 Å². The van der Waals surface area contributed by atoms with Crippen molar-refractivity contribution in [3.63, 3.8) is 0 Å². The molecule has 0 spiro atoms. The summed E-state index contributed by atoms with van der Waals surface area (Å²) in [6.45, 7) is -2.61. The second kappa shape index (κ2) is 9.35. The van der Waals surface area contributed by atoms with E-state index in [0.29, 0.717) is 27.1 Å². The molecule has 3 rings (SSSR count). The SMILES string of the molecule is NCc1cnc(-c2ccc(F)cc2)cc1-c1ncn(C(F)F)n1.O=C(O)C(F)(F)F. The minimum Gasteiger partial charge on any atom is -0.475 e. The molecule has 2 aromatic heterocycles. The Balaban J connectivity index is 0.000000396. The van der Waals surface area contributed by atoms with E-state index in [-0.39, 0.29) is 18.2 Å². The summed E-state index contributed by atoms with van der Waals surface area (Å²) < 4.78 is 70.5. The Bertz CT molecular complexity index is 1000. The van der Waals surface area contributed by atoms with Gasteiger partial charge in [-0.2, -0.15) is 26.6 Å². The lowest BCUT2D eigenvalue weighted by molar-refractivity contribution is -0.192. The van der Waals surface area contributed by atoms with Gasteiger partial charge in [0.1, 0.15) is 12.1 Å². The molecule has 1 aromatic carbocycles. The van der Waals surface area contributed by atoms with Crippen LogP contribution in [0.2, 0.25) is 0 Å². The van der Waals surface area contributed by atoms with Gasteiger partial charge in [0, 0.05) is 23.9 Å². The minimum absolute atomic E-state index is 0.136. The van der Waals surface area contributed by atoms with Crippen LogP contribution in [0.3, 0.4) is 0 Å².